The number of aromatic nitrogens is 1. The molecule has 3 rings (SSSR count). The van der Waals surface area contributed by atoms with E-state index in [9.17, 15) is 0 Å². The highest BCUT2D eigenvalue weighted by Gasteiger charge is 1.93. The van der Waals surface area contributed by atoms with Crippen molar-refractivity contribution in [1.82, 2.24) is 15.6 Å². The number of morpholine rings is 1. The number of aromatic amines is 1. The van der Waals surface area contributed by atoms with Gasteiger partial charge in [-0.05, 0) is 24.2 Å². The van der Waals surface area contributed by atoms with E-state index < -0.39 is 0 Å². The van der Waals surface area contributed by atoms with Crippen LogP contribution < -0.4 is 10.6 Å². The number of benzene rings is 1. The van der Waals surface area contributed by atoms with Crippen LogP contribution in [0, 0.1) is 0 Å². The van der Waals surface area contributed by atoms with Crippen LogP contribution in [0.15, 0.2) is 54.9 Å². The first-order valence-electron chi connectivity index (χ1n) is 7.54. The maximum Gasteiger partial charge on any atom is 0.0591 e. The van der Waals surface area contributed by atoms with E-state index in [-0.39, 0.29) is 0 Å². The van der Waals surface area contributed by atoms with Gasteiger partial charge in [-0.2, -0.15) is 0 Å². The predicted octanol–water partition coefficient (Wildman–Crippen LogP) is 2.42. The standard InChI is InChI=1S/C9H13N.C4H9NO.C4H5N/c1-2-10-8-9-6-4-3-5-7-9;1-3-6-4-2-5-1;1-2-4-5-3-1/h3-7,10H,2,8H2,1H3;5H,1-4H2;1-5H. The topological polar surface area (TPSA) is 49.1 Å². The van der Waals surface area contributed by atoms with Crippen LogP contribution in [0.5, 0.6) is 0 Å². The van der Waals surface area contributed by atoms with Crippen molar-refractivity contribution in [2.45, 2.75) is 13.5 Å². The molecule has 0 unspecified atom stereocenters. The summed E-state index contributed by atoms with van der Waals surface area (Å²) in [6, 6.07) is 14.3. The molecule has 0 saturated carbocycles. The van der Waals surface area contributed by atoms with E-state index in [0.717, 1.165) is 39.4 Å². The zero-order valence-corrected chi connectivity index (χ0v) is 12.8. The van der Waals surface area contributed by atoms with Gasteiger partial charge in [0.2, 0.25) is 0 Å². The molecule has 0 aliphatic carbocycles. The highest BCUT2D eigenvalue weighted by molar-refractivity contribution is 5.14. The molecule has 0 atom stereocenters. The normalized spacial score (nSPS) is 13.4. The summed E-state index contributed by atoms with van der Waals surface area (Å²) < 4.78 is 5.01. The number of nitrogens with one attached hydrogen (secondary N) is 3. The van der Waals surface area contributed by atoms with Crippen LogP contribution in [0.4, 0.5) is 0 Å². The maximum absolute atomic E-state index is 5.01. The van der Waals surface area contributed by atoms with Crippen molar-refractivity contribution in [3.63, 3.8) is 0 Å². The minimum Gasteiger partial charge on any atom is -0.379 e. The minimum atomic E-state index is 0.889. The van der Waals surface area contributed by atoms with Gasteiger partial charge in [-0.1, -0.05) is 37.3 Å². The summed E-state index contributed by atoms with van der Waals surface area (Å²) >= 11 is 0. The second kappa shape index (κ2) is 13.4. The molecular formula is C17H27N3O. The second-order valence-electron chi connectivity index (χ2n) is 4.51. The lowest BCUT2D eigenvalue weighted by Gasteiger charge is -2.10. The summed E-state index contributed by atoms with van der Waals surface area (Å²) in [4.78, 5) is 2.86. The number of ether oxygens (including phenoxy) is 1. The lowest BCUT2D eigenvalue weighted by molar-refractivity contribution is 0.109. The van der Waals surface area contributed by atoms with Crippen LogP contribution in [0.2, 0.25) is 0 Å². The van der Waals surface area contributed by atoms with Crippen LogP contribution in [0.3, 0.4) is 0 Å². The Morgan fingerprint density at radius 2 is 1.67 bits per heavy atom. The summed E-state index contributed by atoms with van der Waals surface area (Å²) in [5.41, 5.74) is 1.35. The van der Waals surface area contributed by atoms with Crippen LogP contribution in [0.1, 0.15) is 12.5 Å². The number of hydrogen-bond donors (Lipinski definition) is 3. The fourth-order valence-corrected chi connectivity index (χ4v) is 1.66. The molecule has 0 spiro atoms. The van der Waals surface area contributed by atoms with E-state index in [1.807, 2.05) is 30.6 Å². The van der Waals surface area contributed by atoms with Gasteiger partial charge < -0.3 is 20.4 Å². The van der Waals surface area contributed by atoms with Gasteiger partial charge in [0.05, 0.1) is 13.2 Å². The third kappa shape index (κ3) is 10.8. The van der Waals surface area contributed by atoms with E-state index in [2.05, 4.69) is 46.8 Å². The molecule has 1 saturated heterocycles. The summed E-state index contributed by atoms with van der Waals surface area (Å²) in [5, 5.41) is 6.42. The molecule has 1 aliphatic rings. The van der Waals surface area contributed by atoms with E-state index in [4.69, 9.17) is 4.74 Å². The Bertz CT molecular complexity index is 371. The lowest BCUT2D eigenvalue weighted by atomic mass is 10.2. The maximum atomic E-state index is 5.01. The lowest BCUT2D eigenvalue weighted by Crippen LogP contribution is -2.30. The molecule has 21 heavy (non-hydrogen) atoms. The summed E-state index contributed by atoms with van der Waals surface area (Å²) in [6.45, 7) is 7.97. The van der Waals surface area contributed by atoms with E-state index in [0.29, 0.717) is 0 Å². The molecule has 2 aromatic rings. The molecule has 1 aromatic carbocycles. The Kier molecular flexibility index (Phi) is 11.1. The molecule has 1 aromatic heterocycles. The van der Waals surface area contributed by atoms with Gasteiger partial charge in [-0.3, -0.25) is 0 Å². The molecule has 1 fully saturated rings. The van der Waals surface area contributed by atoms with Crippen LogP contribution >= 0.6 is 0 Å². The van der Waals surface area contributed by atoms with E-state index in [1.54, 1.807) is 0 Å². The van der Waals surface area contributed by atoms with E-state index >= 15 is 0 Å². The summed E-state index contributed by atoms with van der Waals surface area (Å²) in [5.74, 6) is 0. The Morgan fingerprint density at radius 3 is 2.05 bits per heavy atom. The minimum absolute atomic E-state index is 0.889. The van der Waals surface area contributed by atoms with Crippen LogP contribution in [-0.4, -0.2) is 37.8 Å². The van der Waals surface area contributed by atoms with Gasteiger partial charge in [0, 0.05) is 32.0 Å². The third-order valence-electron chi connectivity index (χ3n) is 2.76. The van der Waals surface area contributed by atoms with Crippen molar-refractivity contribution in [2.75, 3.05) is 32.8 Å². The van der Waals surface area contributed by atoms with Gasteiger partial charge in [0.1, 0.15) is 0 Å². The molecule has 4 nitrogen and oxygen atoms in total. The molecule has 0 amide bonds. The summed E-state index contributed by atoms with van der Waals surface area (Å²) in [6.07, 6.45) is 3.75. The first-order valence-corrected chi connectivity index (χ1v) is 7.54. The third-order valence-corrected chi connectivity index (χ3v) is 2.76. The predicted molar refractivity (Wildman–Crippen MR) is 88.3 cm³/mol. The highest BCUT2D eigenvalue weighted by atomic mass is 16.5. The number of H-pyrrole nitrogens is 1. The average Bonchev–Trinajstić information content (AvgIpc) is 3.16. The zero-order chi connectivity index (χ0) is 15.0. The number of rotatable bonds is 3. The molecule has 3 N–H and O–H groups in total. The molecule has 0 radical (unpaired) electrons. The van der Waals surface area contributed by atoms with Crippen LogP contribution in [-0.2, 0) is 11.3 Å². The smallest absolute Gasteiger partial charge is 0.0591 e. The van der Waals surface area contributed by atoms with Crippen molar-refractivity contribution >= 4 is 0 Å². The van der Waals surface area contributed by atoms with Gasteiger partial charge in [-0.25, -0.2) is 0 Å². The average molecular weight is 289 g/mol. The first-order chi connectivity index (χ1) is 10.4. The first kappa shape index (κ1) is 17.4. The fourth-order valence-electron chi connectivity index (χ4n) is 1.66. The quantitative estimate of drug-likeness (QED) is 0.813. The molecule has 116 valence electrons. The highest BCUT2D eigenvalue weighted by Crippen LogP contribution is 1.96. The van der Waals surface area contributed by atoms with Crippen molar-refractivity contribution < 1.29 is 4.74 Å². The Hall–Kier alpha value is -1.62. The Balaban J connectivity index is 0.000000170. The van der Waals surface area contributed by atoms with Gasteiger partial charge in [-0.15, -0.1) is 0 Å². The van der Waals surface area contributed by atoms with Gasteiger partial charge >= 0.3 is 0 Å². The largest absolute Gasteiger partial charge is 0.379 e. The van der Waals surface area contributed by atoms with Gasteiger partial charge in [0.25, 0.3) is 0 Å². The van der Waals surface area contributed by atoms with Crippen molar-refractivity contribution in [3.05, 3.63) is 60.4 Å². The summed E-state index contributed by atoms with van der Waals surface area (Å²) in [7, 11) is 0. The monoisotopic (exact) mass is 289 g/mol. The fraction of sp³-hybridized carbons (Fsp3) is 0.412. The number of hydrogen-bond acceptors (Lipinski definition) is 3. The molecule has 4 heteroatoms. The second-order valence-corrected chi connectivity index (χ2v) is 4.51. The van der Waals surface area contributed by atoms with Gasteiger partial charge in [0.15, 0.2) is 0 Å². The van der Waals surface area contributed by atoms with Crippen molar-refractivity contribution in [2.24, 2.45) is 0 Å². The van der Waals surface area contributed by atoms with Crippen molar-refractivity contribution in [1.29, 1.82) is 0 Å². The molecule has 0 bridgehead atoms. The van der Waals surface area contributed by atoms with Crippen molar-refractivity contribution in [3.8, 4) is 0 Å². The Labute approximate surface area is 127 Å². The van der Waals surface area contributed by atoms with E-state index in [1.165, 1.54) is 5.56 Å². The Morgan fingerprint density at radius 1 is 1.00 bits per heavy atom. The SMILES string of the molecule is C1COCCN1.CCNCc1ccccc1.c1cc[nH]c1. The van der Waals surface area contributed by atoms with Crippen LogP contribution in [0.25, 0.3) is 0 Å². The molecule has 1 aliphatic heterocycles. The zero-order valence-electron chi connectivity index (χ0n) is 12.8. The molecule has 2 heterocycles. The molecular weight excluding hydrogens is 262 g/mol.